The summed E-state index contributed by atoms with van der Waals surface area (Å²) in [5, 5.41) is 10.1. The normalized spacial score (nSPS) is 10.4. The lowest BCUT2D eigenvalue weighted by molar-refractivity contribution is -0.113. The van der Waals surface area contributed by atoms with Crippen molar-refractivity contribution in [2.45, 2.75) is 19.0 Å². The average molecular weight is 277 g/mol. The van der Waals surface area contributed by atoms with Crippen LogP contribution >= 0.6 is 11.8 Å². The molecule has 4 N–H and O–H groups in total. The molecule has 0 aliphatic carbocycles. The SMILES string of the molecule is Cc1nc(SCC(=O)Nc2ccc(N)cc2C)n[nH]1. The van der Waals surface area contributed by atoms with E-state index in [4.69, 9.17) is 5.73 Å². The number of H-pyrrole nitrogens is 1. The van der Waals surface area contributed by atoms with Gasteiger partial charge in [0.15, 0.2) is 0 Å². The van der Waals surface area contributed by atoms with Crippen LogP contribution in [-0.4, -0.2) is 26.8 Å². The van der Waals surface area contributed by atoms with Crippen LogP contribution in [0.2, 0.25) is 0 Å². The Labute approximate surface area is 115 Å². The smallest absolute Gasteiger partial charge is 0.234 e. The van der Waals surface area contributed by atoms with Crippen LogP contribution in [0.3, 0.4) is 0 Å². The minimum atomic E-state index is -0.0969. The maximum Gasteiger partial charge on any atom is 0.234 e. The highest BCUT2D eigenvalue weighted by Gasteiger charge is 2.08. The molecule has 0 saturated heterocycles. The number of thioether (sulfide) groups is 1. The first kappa shape index (κ1) is 13.4. The van der Waals surface area contributed by atoms with Gasteiger partial charge in [0.2, 0.25) is 11.1 Å². The first-order valence-electron chi connectivity index (χ1n) is 5.72. The Kier molecular flexibility index (Phi) is 4.06. The fraction of sp³-hybridized carbons (Fsp3) is 0.250. The van der Waals surface area contributed by atoms with Gasteiger partial charge in [0, 0.05) is 11.4 Å². The van der Waals surface area contributed by atoms with Crippen LogP contribution in [0.4, 0.5) is 11.4 Å². The summed E-state index contributed by atoms with van der Waals surface area (Å²) in [5.74, 6) is 0.902. The maximum absolute atomic E-state index is 11.8. The van der Waals surface area contributed by atoms with E-state index >= 15 is 0 Å². The average Bonchev–Trinajstić information content (AvgIpc) is 2.76. The van der Waals surface area contributed by atoms with E-state index in [-0.39, 0.29) is 11.7 Å². The summed E-state index contributed by atoms with van der Waals surface area (Å²) in [7, 11) is 0. The van der Waals surface area contributed by atoms with E-state index in [2.05, 4.69) is 20.5 Å². The number of aryl methyl sites for hydroxylation is 2. The number of nitrogens with two attached hydrogens (primary N) is 1. The van der Waals surface area contributed by atoms with E-state index in [1.807, 2.05) is 19.9 Å². The largest absolute Gasteiger partial charge is 0.399 e. The van der Waals surface area contributed by atoms with E-state index in [0.717, 1.165) is 17.1 Å². The molecular formula is C12H15N5OS. The predicted octanol–water partition coefficient (Wildman–Crippen LogP) is 1.73. The molecule has 0 saturated carbocycles. The quantitative estimate of drug-likeness (QED) is 0.584. The van der Waals surface area contributed by atoms with Crippen molar-refractivity contribution in [2.24, 2.45) is 0 Å². The van der Waals surface area contributed by atoms with Crippen molar-refractivity contribution < 1.29 is 4.79 Å². The third-order valence-corrected chi connectivity index (χ3v) is 3.28. The fourth-order valence-corrected chi connectivity index (χ4v) is 2.17. The number of carbonyl (C=O) groups excluding carboxylic acids is 1. The van der Waals surface area contributed by atoms with Crippen molar-refractivity contribution in [3.8, 4) is 0 Å². The molecular weight excluding hydrogens is 262 g/mol. The Morgan fingerprint density at radius 3 is 2.89 bits per heavy atom. The molecule has 0 bridgehead atoms. The second-order valence-electron chi connectivity index (χ2n) is 4.11. The number of benzene rings is 1. The number of carbonyl (C=O) groups is 1. The summed E-state index contributed by atoms with van der Waals surface area (Å²) in [6.07, 6.45) is 0. The fourth-order valence-electron chi connectivity index (χ4n) is 1.53. The first-order valence-corrected chi connectivity index (χ1v) is 6.71. The summed E-state index contributed by atoms with van der Waals surface area (Å²) >= 11 is 1.29. The van der Waals surface area contributed by atoms with E-state index in [9.17, 15) is 4.79 Å². The number of nitrogens with zero attached hydrogens (tertiary/aromatic N) is 2. The van der Waals surface area contributed by atoms with Crippen LogP contribution in [-0.2, 0) is 4.79 Å². The highest BCUT2D eigenvalue weighted by Crippen LogP contribution is 2.18. The molecule has 0 atom stereocenters. The van der Waals surface area contributed by atoms with Crippen LogP contribution < -0.4 is 11.1 Å². The van der Waals surface area contributed by atoms with Gasteiger partial charge in [-0.3, -0.25) is 9.89 Å². The van der Waals surface area contributed by atoms with Gasteiger partial charge in [-0.15, -0.1) is 5.10 Å². The second kappa shape index (κ2) is 5.75. The van der Waals surface area contributed by atoms with Crippen molar-refractivity contribution in [2.75, 3.05) is 16.8 Å². The predicted molar refractivity (Wildman–Crippen MR) is 76.1 cm³/mol. The lowest BCUT2D eigenvalue weighted by Crippen LogP contribution is -2.15. The van der Waals surface area contributed by atoms with Gasteiger partial charge in [0.05, 0.1) is 5.75 Å². The minimum absolute atomic E-state index is 0.0969. The number of aromatic nitrogens is 3. The molecule has 0 unspecified atom stereocenters. The van der Waals surface area contributed by atoms with Crippen molar-refractivity contribution in [1.29, 1.82) is 0 Å². The summed E-state index contributed by atoms with van der Waals surface area (Å²) in [6, 6.07) is 5.37. The van der Waals surface area contributed by atoms with Gasteiger partial charge in [0.25, 0.3) is 0 Å². The van der Waals surface area contributed by atoms with Gasteiger partial charge >= 0.3 is 0 Å². The van der Waals surface area contributed by atoms with Crippen molar-refractivity contribution in [3.63, 3.8) is 0 Å². The number of hydrogen-bond acceptors (Lipinski definition) is 5. The zero-order chi connectivity index (χ0) is 13.8. The Morgan fingerprint density at radius 2 is 2.26 bits per heavy atom. The molecule has 19 heavy (non-hydrogen) atoms. The minimum Gasteiger partial charge on any atom is -0.399 e. The summed E-state index contributed by atoms with van der Waals surface area (Å²) in [6.45, 7) is 3.71. The molecule has 0 aliphatic heterocycles. The molecule has 1 aromatic carbocycles. The monoisotopic (exact) mass is 277 g/mol. The Balaban J connectivity index is 1.90. The van der Waals surface area contributed by atoms with E-state index in [1.54, 1.807) is 12.1 Å². The third-order valence-electron chi connectivity index (χ3n) is 2.43. The molecule has 0 radical (unpaired) electrons. The van der Waals surface area contributed by atoms with Crippen LogP contribution in [0, 0.1) is 13.8 Å². The Hall–Kier alpha value is -2.02. The molecule has 7 heteroatoms. The highest BCUT2D eigenvalue weighted by molar-refractivity contribution is 7.99. The van der Waals surface area contributed by atoms with Gasteiger partial charge in [-0.05, 0) is 37.6 Å². The van der Waals surface area contributed by atoms with Crippen molar-refractivity contribution in [1.82, 2.24) is 15.2 Å². The van der Waals surface area contributed by atoms with Gasteiger partial charge in [-0.25, -0.2) is 4.98 Å². The van der Waals surface area contributed by atoms with Crippen molar-refractivity contribution in [3.05, 3.63) is 29.6 Å². The second-order valence-corrected chi connectivity index (χ2v) is 5.06. The van der Waals surface area contributed by atoms with E-state index in [0.29, 0.717) is 10.8 Å². The van der Waals surface area contributed by atoms with Gasteiger partial charge in [-0.2, -0.15) is 0 Å². The number of rotatable bonds is 4. The lowest BCUT2D eigenvalue weighted by atomic mass is 10.2. The number of nitrogen functional groups attached to an aromatic ring is 1. The van der Waals surface area contributed by atoms with Gasteiger partial charge in [0.1, 0.15) is 5.82 Å². The molecule has 1 amide bonds. The first-order chi connectivity index (χ1) is 9.04. The zero-order valence-electron chi connectivity index (χ0n) is 10.7. The molecule has 0 fully saturated rings. The summed E-state index contributed by atoms with van der Waals surface area (Å²) in [4.78, 5) is 15.9. The standard InChI is InChI=1S/C12H15N5OS/c1-7-5-9(13)3-4-10(7)15-11(18)6-19-12-14-8(2)16-17-12/h3-5H,6,13H2,1-2H3,(H,15,18)(H,14,16,17). The molecule has 1 heterocycles. The van der Waals surface area contributed by atoms with E-state index < -0.39 is 0 Å². The molecule has 0 spiro atoms. The number of hydrogen-bond donors (Lipinski definition) is 3. The van der Waals surface area contributed by atoms with Crippen LogP contribution in [0.5, 0.6) is 0 Å². The number of anilines is 2. The molecule has 6 nitrogen and oxygen atoms in total. The number of amides is 1. The zero-order valence-corrected chi connectivity index (χ0v) is 11.5. The maximum atomic E-state index is 11.8. The summed E-state index contributed by atoms with van der Waals surface area (Å²) < 4.78 is 0. The lowest BCUT2D eigenvalue weighted by Gasteiger charge is -2.08. The third kappa shape index (κ3) is 3.72. The molecule has 2 rings (SSSR count). The van der Waals surface area contributed by atoms with Gasteiger partial charge in [-0.1, -0.05) is 11.8 Å². The van der Waals surface area contributed by atoms with Gasteiger partial charge < -0.3 is 11.1 Å². The van der Waals surface area contributed by atoms with Crippen LogP contribution in [0.15, 0.2) is 23.4 Å². The number of nitrogens with one attached hydrogen (secondary N) is 2. The van der Waals surface area contributed by atoms with E-state index in [1.165, 1.54) is 11.8 Å². The number of aromatic amines is 1. The molecule has 100 valence electrons. The van der Waals surface area contributed by atoms with Crippen molar-refractivity contribution >= 4 is 29.0 Å². The Bertz CT molecular complexity index is 596. The summed E-state index contributed by atoms with van der Waals surface area (Å²) in [5.41, 5.74) is 8.05. The Morgan fingerprint density at radius 1 is 1.47 bits per heavy atom. The highest BCUT2D eigenvalue weighted by atomic mass is 32.2. The molecule has 0 aliphatic rings. The van der Waals surface area contributed by atoms with Crippen LogP contribution in [0.25, 0.3) is 0 Å². The van der Waals surface area contributed by atoms with Crippen LogP contribution in [0.1, 0.15) is 11.4 Å². The molecule has 2 aromatic rings. The molecule has 1 aromatic heterocycles. The topological polar surface area (TPSA) is 96.7 Å².